The molecule has 1 aliphatic heterocycles. The van der Waals surface area contributed by atoms with Gasteiger partial charge in [0.1, 0.15) is 18.2 Å². The van der Waals surface area contributed by atoms with Crippen LogP contribution in [0.5, 0.6) is 5.75 Å². The molecular formula is C17H17FN6O2. The van der Waals surface area contributed by atoms with Crippen LogP contribution in [0.2, 0.25) is 0 Å². The van der Waals surface area contributed by atoms with Crippen molar-refractivity contribution < 1.29 is 13.9 Å². The van der Waals surface area contributed by atoms with Gasteiger partial charge in [-0.2, -0.15) is 10.3 Å². The van der Waals surface area contributed by atoms with Crippen LogP contribution in [0.15, 0.2) is 24.3 Å². The summed E-state index contributed by atoms with van der Waals surface area (Å²) in [5.41, 5.74) is 7.18. The van der Waals surface area contributed by atoms with Gasteiger partial charge in [-0.25, -0.2) is 9.37 Å². The third-order valence-corrected chi connectivity index (χ3v) is 4.35. The molecule has 2 aromatic heterocycles. The lowest BCUT2D eigenvalue weighted by Gasteiger charge is -2.16. The maximum absolute atomic E-state index is 14.2. The van der Waals surface area contributed by atoms with Gasteiger partial charge in [0.05, 0.1) is 0 Å². The van der Waals surface area contributed by atoms with Gasteiger partial charge in [-0.1, -0.05) is 0 Å². The van der Waals surface area contributed by atoms with Gasteiger partial charge in [-0.15, -0.1) is 5.10 Å². The van der Waals surface area contributed by atoms with Crippen molar-refractivity contribution in [2.45, 2.75) is 19.4 Å². The summed E-state index contributed by atoms with van der Waals surface area (Å²) in [5.74, 6) is 0.0361. The van der Waals surface area contributed by atoms with Crippen molar-refractivity contribution in [1.82, 2.24) is 25.3 Å². The molecule has 26 heavy (non-hydrogen) atoms. The number of anilines is 1. The second-order valence-corrected chi connectivity index (χ2v) is 6.14. The Kier molecular flexibility index (Phi) is 4.11. The van der Waals surface area contributed by atoms with Crippen LogP contribution in [0.3, 0.4) is 0 Å². The lowest BCUT2D eigenvalue weighted by Crippen LogP contribution is -2.27. The molecule has 3 N–H and O–H groups in total. The predicted molar refractivity (Wildman–Crippen MR) is 92.0 cm³/mol. The second-order valence-electron chi connectivity index (χ2n) is 6.14. The zero-order valence-electron chi connectivity index (χ0n) is 13.9. The number of hydrogen-bond donors (Lipinski definition) is 2. The van der Waals surface area contributed by atoms with Gasteiger partial charge in [0.2, 0.25) is 5.65 Å². The van der Waals surface area contributed by atoms with Crippen LogP contribution in [-0.4, -0.2) is 44.3 Å². The summed E-state index contributed by atoms with van der Waals surface area (Å²) >= 11 is 0. The van der Waals surface area contributed by atoms with Crippen molar-refractivity contribution in [3.05, 3.63) is 41.2 Å². The van der Waals surface area contributed by atoms with Crippen LogP contribution in [-0.2, 0) is 6.61 Å². The number of aromatic amines is 1. The Labute approximate surface area is 148 Å². The number of fused-ring (bicyclic) bond motifs is 1. The van der Waals surface area contributed by atoms with Crippen molar-refractivity contribution in [2.75, 3.05) is 18.8 Å². The van der Waals surface area contributed by atoms with E-state index >= 15 is 0 Å². The van der Waals surface area contributed by atoms with Crippen molar-refractivity contribution in [3.63, 3.8) is 0 Å². The zero-order valence-corrected chi connectivity index (χ0v) is 13.9. The van der Waals surface area contributed by atoms with E-state index in [-0.39, 0.29) is 23.9 Å². The fourth-order valence-electron chi connectivity index (χ4n) is 3.01. The molecule has 9 heteroatoms. The number of amides is 1. The normalized spacial score (nSPS) is 14.1. The van der Waals surface area contributed by atoms with E-state index in [1.54, 1.807) is 4.90 Å². The van der Waals surface area contributed by atoms with Gasteiger partial charge in [0.25, 0.3) is 5.91 Å². The number of nitrogen functional groups attached to an aromatic ring is 1. The number of likely N-dealkylation sites (tertiary alicyclic amines) is 1. The minimum absolute atomic E-state index is 0.0711. The van der Waals surface area contributed by atoms with E-state index in [1.165, 1.54) is 24.3 Å². The summed E-state index contributed by atoms with van der Waals surface area (Å²) in [4.78, 5) is 18.3. The van der Waals surface area contributed by atoms with Crippen molar-refractivity contribution in [1.29, 1.82) is 0 Å². The SMILES string of the molecule is Nc1cc(OCc2cc(C(=O)N3CCCC3)ccc2F)c2n[nH]nc2n1. The highest BCUT2D eigenvalue weighted by molar-refractivity contribution is 5.94. The molecule has 0 spiro atoms. The number of benzene rings is 1. The van der Waals surface area contributed by atoms with Crippen LogP contribution >= 0.6 is 0 Å². The maximum atomic E-state index is 14.2. The number of ether oxygens (including phenoxy) is 1. The Hall–Kier alpha value is -3.23. The molecule has 3 heterocycles. The number of halogens is 1. The quantitative estimate of drug-likeness (QED) is 0.739. The topological polar surface area (TPSA) is 110 Å². The van der Waals surface area contributed by atoms with Crippen molar-refractivity contribution >= 4 is 22.9 Å². The first-order chi connectivity index (χ1) is 12.6. The maximum Gasteiger partial charge on any atom is 0.253 e. The third-order valence-electron chi connectivity index (χ3n) is 4.35. The van der Waals surface area contributed by atoms with Gasteiger partial charge in [-0.05, 0) is 31.0 Å². The summed E-state index contributed by atoms with van der Waals surface area (Å²) < 4.78 is 19.8. The minimum atomic E-state index is -0.443. The average Bonchev–Trinajstić information content (AvgIpc) is 3.31. The van der Waals surface area contributed by atoms with Crippen LogP contribution in [0.1, 0.15) is 28.8 Å². The van der Waals surface area contributed by atoms with E-state index in [1.807, 2.05) is 0 Å². The molecule has 0 atom stereocenters. The van der Waals surface area contributed by atoms with Gasteiger partial charge in [0.15, 0.2) is 11.3 Å². The lowest BCUT2D eigenvalue weighted by atomic mass is 10.1. The largest absolute Gasteiger partial charge is 0.486 e. The summed E-state index contributed by atoms with van der Waals surface area (Å²) in [6.45, 7) is 1.41. The Balaban J connectivity index is 1.56. The molecule has 1 fully saturated rings. The summed E-state index contributed by atoms with van der Waals surface area (Å²) in [7, 11) is 0. The molecule has 134 valence electrons. The number of aromatic nitrogens is 4. The zero-order chi connectivity index (χ0) is 18.1. The number of nitrogens with zero attached hydrogens (tertiary/aromatic N) is 4. The molecule has 1 aliphatic rings. The van der Waals surface area contributed by atoms with E-state index in [4.69, 9.17) is 10.5 Å². The molecule has 1 saturated heterocycles. The molecule has 0 bridgehead atoms. The van der Waals surface area contributed by atoms with E-state index in [2.05, 4.69) is 20.4 Å². The standard InChI is InChI=1S/C17H17FN6O2/c18-12-4-3-10(17(25)24-5-1-2-6-24)7-11(12)9-26-13-8-14(19)20-16-15(13)21-23-22-16/h3-4,7-8H,1-2,5-6,9H2,(H3,19,20,21,22,23). The first kappa shape index (κ1) is 16.2. The Morgan fingerprint density at radius 2 is 2.08 bits per heavy atom. The highest BCUT2D eigenvalue weighted by atomic mass is 19.1. The van der Waals surface area contributed by atoms with E-state index < -0.39 is 5.82 Å². The molecule has 8 nitrogen and oxygen atoms in total. The van der Waals surface area contributed by atoms with Crippen LogP contribution < -0.4 is 10.5 Å². The number of carbonyl (C=O) groups is 1. The molecular weight excluding hydrogens is 339 g/mol. The first-order valence-electron chi connectivity index (χ1n) is 8.29. The molecule has 1 amide bonds. The number of nitrogens with two attached hydrogens (primary N) is 1. The van der Waals surface area contributed by atoms with E-state index in [0.29, 0.717) is 22.5 Å². The van der Waals surface area contributed by atoms with Crippen molar-refractivity contribution in [3.8, 4) is 5.75 Å². The smallest absolute Gasteiger partial charge is 0.253 e. The first-order valence-corrected chi connectivity index (χ1v) is 8.29. The fourth-order valence-corrected chi connectivity index (χ4v) is 3.01. The Bertz CT molecular complexity index is 967. The highest BCUT2D eigenvalue weighted by Gasteiger charge is 2.20. The van der Waals surface area contributed by atoms with Gasteiger partial charge in [0, 0.05) is 30.3 Å². The molecule has 0 aliphatic carbocycles. The van der Waals surface area contributed by atoms with Gasteiger partial charge >= 0.3 is 0 Å². The number of pyridine rings is 1. The monoisotopic (exact) mass is 356 g/mol. The molecule has 0 saturated carbocycles. The summed E-state index contributed by atoms with van der Waals surface area (Å²) in [6.07, 6.45) is 2.00. The fraction of sp³-hybridized carbons (Fsp3) is 0.294. The molecule has 3 aromatic rings. The Morgan fingerprint density at radius 1 is 1.27 bits per heavy atom. The second kappa shape index (κ2) is 6.58. The molecule has 0 radical (unpaired) electrons. The number of hydrogen-bond acceptors (Lipinski definition) is 6. The predicted octanol–water partition coefficient (Wildman–Crippen LogP) is 1.89. The lowest BCUT2D eigenvalue weighted by molar-refractivity contribution is 0.0792. The highest BCUT2D eigenvalue weighted by Crippen LogP contribution is 2.25. The third kappa shape index (κ3) is 3.03. The van der Waals surface area contributed by atoms with Crippen LogP contribution in [0.4, 0.5) is 10.2 Å². The van der Waals surface area contributed by atoms with Gasteiger partial charge in [-0.3, -0.25) is 4.79 Å². The molecule has 1 aromatic carbocycles. The van der Waals surface area contributed by atoms with Crippen LogP contribution in [0.25, 0.3) is 11.2 Å². The van der Waals surface area contributed by atoms with E-state index in [9.17, 15) is 9.18 Å². The summed E-state index contributed by atoms with van der Waals surface area (Å²) in [5, 5.41) is 10.3. The number of rotatable bonds is 4. The summed E-state index contributed by atoms with van der Waals surface area (Å²) in [6, 6.07) is 5.82. The average molecular weight is 356 g/mol. The van der Waals surface area contributed by atoms with Gasteiger partial charge < -0.3 is 15.4 Å². The number of carbonyl (C=O) groups excluding carboxylic acids is 1. The van der Waals surface area contributed by atoms with Crippen molar-refractivity contribution in [2.24, 2.45) is 0 Å². The molecule has 0 unspecified atom stereocenters. The number of nitrogens with one attached hydrogen (secondary N) is 1. The minimum Gasteiger partial charge on any atom is -0.486 e. The van der Waals surface area contributed by atoms with E-state index in [0.717, 1.165) is 25.9 Å². The molecule has 4 rings (SSSR count). The Morgan fingerprint density at radius 3 is 2.88 bits per heavy atom. The van der Waals surface area contributed by atoms with Crippen LogP contribution in [0, 0.1) is 5.82 Å². The number of H-pyrrole nitrogens is 1.